The number of piperidine rings is 1. The van der Waals surface area contributed by atoms with Crippen LogP contribution in [0.3, 0.4) is 0 Å². The van der Waals surface area contributed by atoms with Gasteiger partial charge >= 0.3 is 5.69 Å². The molecule has 1 fully saturated rings. The van der Waals surface area contributed by atoms with Crippen LogP contribution in [-0.2, 0) is 20.5 Å². The number of carbonyl (C=O) groups excluding carboxylic acids is 1. The third kappa shape index (κ3) is 5.38. The van der Waals surface area contributed by atoms with Crippen molar-refractivity contribution in [2.24, 2.45) is 14.1 Å². The molecule has 1 unspecified atom stereocenters. The van der Waals surface area contributed by atoms with Crippen molar-refractivity contribution in [1.82, 2.24) is 18.9 Å². The first kappa shape index (κ1) is 23.3. The molecule has 8 heteroatoms. The molecule has 2 aromatic rings. The van der Waals surface area contributed by atoms with Crippen LogP contribution in [0.2, 0.25) is 0 Å². The van der Waals surface area contributed by atoms with E-state index in [0.717, 1.165) is 36.2 Å². The van der Waals surface area contributed by atoms with E-state index in [1.165, 1.54) is 49.6 Å². The number of aromatic nitrogens is 2. The minimum absolute atomic E-state index is 0.132. The summed E-state index contributed by atoms with van der Waals surface area (Å²) in [5, 5.41) is 0. The average molecular weight is 455 g/mol. The lowest BCUT2D eigenvalue weighted by Gasteiger charge is -2.37. The van der Waals surface area contributed by atoms with Gasteiger partial charge in [0.2, 0.25) is 0 Å². The number of aryl methyl sites for hydroxylation is 1. The molecular formula is C25H34N4O4. The fourth-order valence-corrected chi connectivity index (χ4v) is 4.91. The van der Waals surface area contributed by atoms with Gasteiger partial charge in [-0.2, -0.15) is 0 Å². The number of rotatable bonds is 1. The standard InChI is InChI=1S/C25H34N4O4/c1-26-22(18-23(30)27(2)25(26)32)24(31)29-13-6-16-33-21-9-5-7-19(17-21)10-11-20-8-3-4-12-28(20)14-15-29/h5,7,9,17-18,20H,3-4,6,8,10-16H2,1-2H3. The Morgan fingerprint density at radius 2 is 1.79 bits per heavy atom. The zero-order valence-electron chi connectivity index (χ0n) is 19.7. The predicted molar refractivity (Wildman–Crippen MR) is 127 cm³/mol. The number of benzene rings is 1. The highest BCUT2D eigenvalue weighted by atomic mass is 16.5. The van der Waals surface area contributed by atoms with E-state index in [-0.39, 0.29) is 11.6 Å². The summed E-state index contributed by atoms with van der Waals surface area (Å²) in [5.74, 6) is 0.576. The molecule has 2 aliphatic rings. The maximum absolute atomic E-state index is 13.4. The molecule has 178 valence electrons. The summed E-state index contributed by atoms with van der Waals surface area (Å²) in [4.78, 5) is 42.3. The molecular weight excluding hydrogens is 420 g/mol. The Labute approximate surface area is 194 Å². The lowest BCUT2D eigenvalue weighted by atomic mass is 9.95. The van der Waals surface area contributed by atoms with Crippen molar-refractivity contribution in [2.75, 3.05) is 32.8 Å². The van der Waals surface area contributed by atoms with Gasteiger partial charge in [-0.15, -0.1) is 0 Å². The number of hydrogen-bond acceptors (Lipinski definition) is 5. The van der Waals surface area contributed by atoms with E-state index >= 15 is 0 Å². The van der Waals surface area contributed by atoms with Gasteiger partial charge in [0.25, 0.3) is 11.5 Å². The van der Waals surface area contributed by atoms with Gasteiger partial charge in [-0.25, -0.2) is 4.79 Å². The molecule has 33 heavy (non-hydrogen) atoms. The first-order valence-corrected chi connectivity index (χ1v) is 12.0. The van der Waals surface area contributed by atoms with Gasteiger partial charge in [0.05, 0.1) is 6.61 Å². The Hall–Kier alpha value is -2.87. The molecule has 1 aromatic heterocycles. The number of fused-ring (bicyclic) bond motifs is 3. The first-order chi connectivity index (χ1) is 15.9. The maximum Gasteiger partial charge on any atom is 0.331 e. The molecule has 4 rings (SSSR count). The minimum atomic E-state index is -0.493. The van der Waals surface area contributed by atoms with E-state index in [4.69, 9.17) is 4.74 Å². The first-order valence-electron chi connectivity index (χ1n) is 12.0. The molecule has 1 aromatic carbocycles. The number of amides is 1. The van der Waals surface area contributed by atoms with Crippen LogP contribution in [0.4, 0.5) is 0 Å². The van der Waals surface area contributed by atoms with Gasteiger partial charge in [-0.1, -0.05) is 18.6 Å². The third-order valence-corrected chi connectivity index (χ3v) is 6.94. The van der Waals surface area contributed by atoms with E-state index in [1.807, 2.05) is 12.1 Å². The normalized spacial score (nSPS) is 20.4. The molecule has 0 N–H and O–H groups in total. The molecule has 1 atom stereocenters. The van der Waals surface area contributed by atoms with Crippen LogP contribution in [0.5, 0.6) is 5.75 Å². The second-order valence-corrected chi connectivity index (χ2v) is 9.13. The molecule has 0 spiro atoms. The van der Waals surface area contributed by atoms with Crippen molar-refractivity contribution in [3.8, 4) is 5.75 Å². The van der Waals surface area contributed by atoms with Crippen LogP contribution in [0, 0.1) is 0 Å². The fourth-order valence-electron chi connectivity index (χ4n) is 4.91. The van der Waals surface area contributed by atoms with Gasteiger partial charge in [0.1, 0.15) is 11.4 Å². The largest absolute Gasteiger partial charge is 0.494 e. The number of ether oxygens (including phenoxy) is 1. The second-order valence-electron chi connectivity index (χ2n) is 9.13. The zero-order valence-corrected chi connectivity index (χ0v) is 19.7. The molecule has 2 bridgehead atoms. The molecule has 1 amide bonds. The van der Waals surface area contributed by atoms with Gasteiger partial charge in [0.15, 0.2) is 0 Å². The number of carbonyl (C=O) groups is 1. The monoisotopic (exact) mass is 454 g/mol. The van der Waals surface area contributed by atoms with Crippen molar-refractivity contribution < 1.29 is 9.53 Å². The lowest BCUT2D eigenvalue weighted by molar-refractivity contribution is 0.0671. The summed E-state index contributed by atoms with van der Waals surface area (Å²) in [7, 11) is 2.96. The quantitative estimate of drug-likeness (QED) is 0.657. The lowest BCUT2D eigenvalue weighted by Crippen LogP contribution is -2.47. The summed E-state index contributed by atoms with van der Waals surface area (Å²) in [6.07, 6.45) is 6.35. The van der Waals surface area contributed by atoms with E-state index in [2.05, 4.69) is 17.0 Å². The molecule has 0 saturated carbocycles. The Kier molecular flexibility index (Phi) is 7.33. The van der Waals surface area contributed by atoms with Crippen LogP contribution < -0.4 is 16.0 Å². The minimum Gasteiger partial charge on any atom is -0.494 e. The van der Waals surface area contributed by atoms with Crippen LogP contribution in [0.15, 0.2) is 39.9 Å². The highest BCUT2D eigenvalue weighted by molar-refractivity contribution is 5.92. The Morgan fingerprint density at radius 3 is 2.64 bits per heavy atom. The smallest absolute Gasteiger partial charge is 0.331 e. The van der Waals surface area contributed by atoms with Crippen molar-refractivity contribution in [1.29, 1.82) is 0 Å². The number of hydrogen-bond donors (Lipinski definition) is 0. The van der Waals surface area contributed by atoms with Crippen LogP contribution in [0.25, 0.3) is 0 Å². The SMILES string of the molecule is Cn1c(C(=O)N2CCCOc3cccc(c3)CCC3CCCCN3CC2)cc(=O)n(C)c1=O. The van der Waals surface area contributed by atoms with Gasteiger partial charge in [-0.05, 0) is 56.3 Å². The van der Waals surface area contributed by atoms with Crippen LogP contribution in [-0.4, -0.2) is 63.7 Å². The van der Waals surface area contributed by atoms with Gasteiger partial charge in [-0.3, -0.25) is 23.6 Å². The van der Waals surface area contributed by atoms with Crippen molar-refractivity contribution >= 4 is 5.91 Å². The van der Waals surface area contributed by atoms with Gasteiger partial charge in [0, 0.05) is 45.8 Å². The Balaban J connectivity index is 1.58. The summed E-state index contributed by atoms with van der Waals surface area (Å²) < 4.78 is 8.23. The summed E-state index contributed by atoms with van der Waals surface area (Å²) in [6.45, 7) is 3.38. The molecule has 0 radical (unpaired) electrons. The molecule has 3 heterocycles. The van der Waals surface area contributed by atoms with Crippen molar-refractivity contribution in [2.45, 2.75) is 44.6 Å². The van der Waals surface area contributed by atoms with E-state index in [9.17, 15) is 14.4 Å². The molecule has 0 aliphatic carbocycles. The Bertz CT molecular complexity index is 1110. The van der Waals surface area contributed by atoms with Crippen molar-refractivity contribution in [3.05, 3.63) is 62.4 Å². The van der Waals surface area contributed by atoms with Crippen LogP contribution in [0.1, 0.15) is 48.2 Å². The fraction of sp³-hybridized carbons (Fsp3) is 0.560. The van der Waals surface area contributed by atoms with Crippen molar-refractivity contribution in [3.63, 3.8) is 0 Å². The average Bonchev–Trinajstić information content (AvgIpc) is 2.83. The Morgan fingerprint density at radius 1 is 0.939 bits per heavy atom. The third-order valence-electron chi connectivity index (χ3n) is 6.94. The maximum atomic E-state index is 13.4. The highest BCUT2D eigenvalue weighted by Crippen LogP contribution is 2.23. The summed E-state index contributed by atoms with van der Waals surface area (Å²) in [5.41, 5.74) is 0.474. The highest BCUT2D eigenvalue weighted by Gasteiger charge is 2.25. The molecule has 8 nitrogen and oxygen atoms in total. The van der Waals surface area contributed by atoms with Crippen LogP contribution >= 0.6 is 0 Å². The topological polar surface area (TPSA) is 76.8 Å². The molecule has 2 aliphatic heterocycles. The second kappa shape index (κ2) is 10.4. The van der Waals surface area contributed by atoms with E-state index in [1.54, 1.807) is 4.90 Å². The predicted octanol–water partition coefficient (Wildman–Crippen LogP) is 1.80. The van der Waals surface area contributed by atoms with E-state index < -0.39 is 11.2 Å². The van der Waals surface area contributed by atoms with E-state index in [0.29, 0.717) is 32.2 Å². The number of nitrogens with zero attached hydrogens (tertiary/aromatic N) is 4. The summed E-state index contributed by atoms with van der Waals surface area (Å²) in [6, 6.07) is 10.1. The molecule has 1 saturated heterocycles. The van der Waals surface area contributed by atoms with Gasteiger partial charge < -0.3 is 9.64 Å². The zero-order chi connectivity index (χ0) is 23.4. The summed E-state index contributed by atoms with van der Waals surface area (Å²) >= 11 is 0.